The number of carbonyl (C=O) groups excluding carboxylic acids is 1. The topological polar surface area (TPSA) is 189 Å². The minimum atomic E-state index is -1.36. The zero-order valence-corrected chi connectivity index (χ0v) is 22.5. The van der Waals surface area contributed by atoms with Crippen molar-refractivity contribution in [3.8, 4) is 22.9 Å². The lowest BCUT2D eigenvalue weighted by atomic mass is 10.1. The molecule has 6 heterocycles. The molecule has 0 bridgehead atoms. The van der Waals surface area contributed by atoms with Gasteiger partial charge in [-0.2, -0.15) is 0 Å². The third kappa shape index (κ3) is 4.42. The Labute approximate surface area is 238 Å². The molecule has 2 saturated heterocycles. The molecule has 2 fully saturated rings. The largest absolute Gasteiger partial charge is 0.385 e. The molecule has 15 heteroatoms. The molecule has 0 saturated carbocycles. The molecule has 216 valence electrons. The number of likely N-dealkylation sites (N-methyl/N-ethyl adjacent to an activating group) is 1. The lowest BCUT2D eigenvalue weighted by Crippen LogP contribution is -2.43. The molecule has 0 radical (unpaired) electrons. The number of nitrogens with one attached hydrogen (secondary N) is 2. The molecular weight excluding hydrogens is 544 g/mol. The number of imidazole rings is 1. The fourth-order valence-electron chi connectivity index (χ4n) is 5.38. The highest BCUT2D eigenvalue weighted by molar-refractivity contribution is 5.87. The minimum Gasteiger partial charge on any atom is -0.385 e. The number of aromatic amines is 1. The summed E-state index contributed by atoms with van der Waals surface area (Å²) in [5.41, 5.74) is 3.04. The van der Waals surface area contributed by atoms with E-state index < -0.39 is 24.7 Å². The first-order valence-electron chi connectivity index (χ1n) is 13.6. The van der Waals surface area contributed by atoms with Crippen LogP contribution in [0.1, 0.15) is 19.6 Å². The maximum Gasteiger partial charge on any atom is 0.211 e. The van der Waals surface area contributed by atoms with Crippen LogP contribution in [0.5, 0.6) is 0 Å². The van der Waals surface area contributed by atoms with E-state index in [0.29, 0.717) is 53.7 Å². The first-order chi connectivity index (χ1) is 20.6. The summed E-state index contributed by atoms with van der Waals surface area (Å²) in [5, 5.41) is 37.3. The number of hydrogen-bond acceptors (Lipinski definition) is 12. The highest BCUT2D eigenvalue weighted by atomic mass is 16.6. The number of rotatable bonds is 8. The van der Waals surface area contributed by atoms with Gasteiger partial charge in [-0.1, -0.05) is 29.5 Å². The number of ether oxygens (including phenoxy) is 2. The molecular formula is C27H28N10O5. The number of amides is 1. The van der Waals surface area contributed by atoms with Crippen molar-refractivity contribution in [1.29, 1.82) is 0 Å². The number of nitrogens with zero attached hydrogens (tertiary/aromatic N) is 8. The quantitative estimate of drug-likeness (QED) is 0.194. The summed E-state index contributed by atoms with van der Waals surface area (Å²) in [6.07, 6.45) is -1.97. The maximum absolute atomic E-state index is 11.6. The van der Waals surface area contributed by atoms with Gasteiger partial charge in [0, 0.05) is 18.5 Å². The third-order valence-electron chi connectivity index (χ3n) is 7.62. The molecule has 1 aromatic carbocycles. The number of aromatic nitrogens is 8. The van der Waals surface area contributed by atoms with Gasteiger partial charge in [0.25, 0.3) is 0 Å². The molecule has 5 aromatic rings. The van der Waals surface area contributed by atoms with E-state index in [9.17, 15) is 15.0 Å². The highest BCUT2D eigenvalue weighted by Gasteiger charge is 2.46. The average molecular weight is 573 g/mol. The number of hydrogen-bond donors (Lipinski definition) is 4. The van der Waals surface area contributed by atoms with Gasteiger partial charge < -0.3 is 29.9 Å². The number of aliphatic hydroxyl groups is 2. The van der Waals surface area contributed by atoms with Crippen LogP contribution in [0, 0.1) is 0 Å². The summed E-state index contributed by atoms with van der Waals surface area (Å²) in [7, 11) is 0. The first-order valence-corrected chi connectivity index (χ1v) is 13.6. The molecule has 2 aliphatic rings. The Hall–Kier alpha value is -4.57. The summed E-state index contributed by atoms with van der Waals surface area (Å²) in [6, 6.07) is 11.6. The third-order valence-corrected chi connectivity index (χ3v) is 7.62. The average Bonchev–Trinajstić information content (AvgIpc) is 3.83. The predicted molar refractivity (Wildman–Crippen MR) is 149 cm³/mol. The van der Waals surface area contributed by atoms with Crippen LogP contribution < -0.4 is 5.32 Å². The van der Waals surface area contributed by atoms with E-state index in [1.807, 2.05) is 36.4 Å². The molecule has 1 amide bonds. The second kappa shape index (κ2) is 10.7. The zero-order chi connectivity index (χ0) is 28.8. The first kappa shape index (κ1) is 26.3. The number of aliphatic hydroxyl groups excluding tert-OH is 2. The smallest absolute Gasteiger partial charge is 0.211 e. The molecule has 5 atom stereocenters. The highest BCUT2D eigenvalue weighted by Crippen LogP contribution is 2.35. The number of anilines is 1. The minimum absolute atomic E-state index is 0.00726. The molecule has 15 nitrogen and oxygen atoms in total. The Bertz CT molecular complexity index is 1750. The summed E-state index contributed by atoms with van der Waals surface area (Å²) in [5.74, 6) is 0.706. The lowest BCUT2D eigenvalue weighted by Gasteiger charge is -2.25. The summed E-state index contributed by atoms with van der Waals surface area (Å²) in [4.78, 5) is 31.7. The number of pyridine rings is 1. The van der Waals surface area contributed by atoms with Gasteiger partial charge in [-0.3, -0.25) is 14.5 Å². The second-order valence-corrected chi connectivity index (χ2v) is 10.2. The Balaban J connectivity index is 1.34. The zero-order valence-electron chi connectivity index (χ0n) is 22.5. The molecule has 4 aromatic heterocycles. The van der Waals surface area contributed by atoms with Crippen molar-refractivity contribution >= 4 is 34.3 Å². The molecule has 0 spiro atoms. The van der Waals surface area contributed by atoms with Crippen LogP contribution in [0.3, 0.4) is 0 Å². The van der Waals surface area contributed by atoms with Gasteiger partial charge in [-0.05, 0) is 25.5 Å². The summed E-state index contributed by atoms with van der Waals surface area (Å²) >= 11 is 0. The molecule has 0 unspecified atom stereocenters. The van der Waals surface area contributed by atoms with Gasteiger partial charge in [0.1, 0.15) is 23.6 Å². The van der Waals surface area contributed by atoms with Crippen LogP contribution in [0.4, 0.5) is 5.82 Å². The van der Waals surface area contributed by atoms with Crippen LogP contribution in [0.2, 0.25) is 0 Å². The molecule has 4 N–H and O–H groups in total. The lowest BCUT2D eigenvalue weighted by molar-refractivity contribution is -0.141. The molecule has 0 aliphatic carbocycles. The standard InChI is InChI=1S/C27H28N10O5/c1-2-36(13-38)26-21(39)22(40)27(42-26)37-12-28-20-24(29-15-9-10-41-11-15)31-23(32-25(20)37)19-18(33-35-34-19)17-8-7-14-5-3-4-6-16(14)30-17/h3-8,12-13,15,21-22,26-27,39-40H,2,9-11H2,1H3,(H,29,31,32)(H,33,34,35)/t15-,21-,22+,26+,27-/m1/s1. The number of fused-ring (bicyclic) bond motifs is 2. The van der Waals surface area contributed by atoms with E-state index in [2.05, 4.69) is 25.7 Å². The van der Waals surface area contributed by atoms with Gasteiger partial charge in [0.2, 0.25) is 6.41 Å². The summed E-state index contributed by atoms with van der Waals surface area (Å²) in [6.45, 7) is 3.18. The van der Waals surface area contributed by atoms with E-state index in [1.165, 1.54) is 15.8 Å². The van der Waals surface area contributed by atoms with Gasteiger partial charge in [-0.25, -0.2) is 19.9 Å². The fraction of sp³-hybridized carbons (Fsp3) is 0.370. The van der Waals surface area contributed by atoms with Crippen LogP contribution in [-0.2, 0) is 14.3 Å². The van der Waals surface area contributed by atoms with Crippen LogP contribution in [0.25, 0.3) is 45.0 Å². The van der Waals surface area contributed by atoms with Gasteiger partial charge in [0.15, 0.2) is 35.3 Å². The van der Waals surface area contributed by atoms with Gasteiger partial charge >= 0.3 is 0 Å². The van der Waals surface area contributed by atoms with E-state index in [4.69, 9.17) is 24.4 Å². The Kier molecular flexibility index (Phi) is 6.70. The van der Waals surface area contributed by atoms with E-state index in [-0.39, 0.29) is 18.4 Å². The molecule has 42 heavy (non-hydrogen) atoms. The number of benzene rings is 1. The predicted octanol–water partition coefficient (Wildman–Crippen LogP) is 1.08. The van der Waals surface area contributed by atoms with Crippen LogP contribution in [0.15, 0.2) is 42.7 Å². The van der Waals surface area contributed by atoms with Crippen LogP contribution >= 0.6 is 0 Å². The van der Waals surface area contributed by atoms with E-state index in [0.717, 1.165) is 17.3 Å². The van der Waals surface area contributed by atoms with Crippen molar-refractivity contribution < 1.29 is 24.5 Å². The van der Waals surface area contributed by atoms with Crippen molar-refractivity contribution in [2.24, 2.45) is 0 Å². The monoisotopic (exact) mass is 572 g/mol. The van der Waals surface area contributed by atoms with Crippen LogP contribution in [-0.4, -0.2) is 106 Å². The van der Waals surface area contributed by atoms with Crippen molar-refractivity contribution in [2.45, 2.75) is 44.1 Å². The maximum atomic E-state index is 11.6. The normalized spacial score (nSPS) is 24.0. The Morgan fingerprint density at radius 1 is 1.17 bits per heavy atom. The molecule has 2 aliphatic heterocycles. The van der Waals surface area contributed by atoms with Crippen molar-refractivity contribution in [1.82, 2.24) is 44.8 Å². The second-order valence-electron chi connectivity index (χ2n) is 10.2. The summed E-state index contributed by atoms with van der Waals surface area (Å²) < 4.78 is 13.1. The van der Waals surface area contributed by atoms with Crippen molar-refractivity contribution in [3.63, 3.8) is 0 Å². The van der Waals surface area contributed by atoms with Crippen molar-refractivity contribution in [2.75, 3.05) is 25.1 Å². The number of para-hydroxylation sites is 1. The van der Waals surface area contributed by atoms with Gasteiger partial charge in [0.05, 0.1) is 30.2 Å². The Morgan fingerprint density at radius 3 is 2.86 bits per heavy atom. The molecule has 7 rings (SSSR count). The number of carbonyl (C=O) groups is 1. The van der Waals surface area contributed by atoms with Crippen molar-refractivity contribution in [3.05, 3.63) is 42.7 Å². The SMILES string of the molecule is CCN(C=O)[C@H]1O[C@@H](n2cnc3c(N[C@@H]4CCOC4)nc(-c4[nH]nnc4-c4ccc5ccccc5n4)nc32)[C@@H](O)[C@H]1O. The fourth-order valence-corrected chi connectivity index (χ4v) is 5.38. The number of H-pyrrole nitrogens is 1. The van der Waals surface area contributed by atoms with E-state index >= 15 is 0 Å². The van der Waals surface area contributed by atoms with E-state index in [1.54, 1.807) is 6.92 Å². The van der Waals surface area contributed by atoms with Gasteiger partial charge in [-0.15, -0.1) is 5.10 Å². The Morgan fingerprint density at radius 2 is 2.05 bits per heavy atom.